The second-order valence-electron chi connectivity index (χ2n) is 5.28. The Morgan fingerprint density at radius 3 is 2.00 bits per heavy atom. The molecule has 118 valence electrons. The van der Waals surface area contributed by atoms with Gasteiger partial charge in [0.05, 0.1) is 14.2 Å². The molecule has 1 aromatic rings. The lowest BCUT2D eigenvalue weighted by Gasteiger charge is -2.36. The molecule has 1 aliphatic heterocycles. The van der Waals surface area contributed by atoms with Crippen molar-refractivity contribution >= 4 is 18.3 Å². The quantitative estimate of drug-likeness (QED) is 0.926. The first-order chi connectivity index (χ1) is 9.53. The highest BCUT2D eigenvalue weighted by Gasteiger charge is 2.26. The third kappa shape index (κ3) is 4.25. The van der Waals surface area contributed by atoms with Gasteiger partial charge in [-0.2, -0.15) is 0 Å². The van der Waals surface area contributed by atoms with Gasteiger partial charge >= 0.3 is 0 Å². The topological polar surface area (TPSA) is 50.8 Å². The van der Waals surface area contributed by atoms with E-state index in [2.05, 4.69) is 19.2 Å². The smallest absolute Gasteiger partial charge is 0.254 e. The van der Waals surface area contributed by atoms with Gasteiger partial charge in [0.25, 0.3) is 5.91 Å². The minimum Gasteiger partial charge on any atom is -0.497 e. The maximum Gasteiger partial charge on any atom is 0.254 e. The summed E-state index contributed by atoms with van der Waals surface area (Å²) in [5.41, 5.74) is 0.600. The average Bonchev–Trinajstić information content (AvgIpc) is 2.44. The molecule has 1 N–H and O–H groups in total. The van der Waals surface area contributed by atoms with E-state index in [4.69, 9.17) is 9.47 Å². The molecule has 0 aliphatic carbocycles. The molecule has 0 bridgehead atoms. The van der Waals surface area contributed by atoms with Crippen LogP contribution < -0.4 is 14.8 Å². The van der Waals surface area contributed by atoms with Crippen LogP contribution in [0.4, 0.5) is 0 Å². The van der Waals surface area contributed by atoms with E-state index < -0.39 is 0 Å². The largest absolute Gasteiger partial charge is 0.497 e. The Hall–Kier alpha value is -1.46. The molecule has 0 saturated carbocycles. The molecule has 2 rings (SSSR count). The number of piperazine rings is 1. The number of rotatable bonds is 3. The van der Waals surface area contributed by atoms with Crippen molar-refractivity contribution in [2.45, 2.75) is 25.9 Å². The Kier molecular flexibility index (Phi) is 6.30. The molecule has 6 heteroatoms. The third-order valence-corrected chi connectivity index (χ3v) is 3.44. The molecule has 0 radical (unpaired) electrons. The van der Waals surface area contributed by atoms with Crippen molar-refractivity contribution in [1.82, 2.24) is 10.2 Å². The predicted molar refractivity (Wildman–Crippen MR) is 84.8 cm³/mol. The van der Waals surface area contributed by atoms with Gasteiger partial charge in [-0.15, -0.1) is 12.4 Å². The summed E-state index contributed by atoms with van der Waals surface area (Å²) in [6.45, 7) is 5.59. The van der Waals surface area contributed by atoms with Gasteiger partial charge in [0.2, 0.25) is 0 Å². The minimum atomic E-state index is 0. The van der Waals surface area contributed by atoms with E-state index in [-0.39, 0.29) is 18.3 Å². The van der Waals surface area contributed by atoms with Crippen LogP contribution in [0, 0.1) is 0 Å². The molecule has 2 atom stereocenters. The molecule has 1 aromatic carbocycles. The molecule has 1 amide bonds. The molecule has 21 heavy (non-hydrogen) atoms. The van der Waals surface area contributed by atoms with Gasteiger partial charge in [-0.3, -0.25) is 4.79 Å². The normalized spacial score (nSPS) is 21.4. The van der Waals surface area contributed by atoms with Crippen LogP contribution in [0.25, 0.3) is 0 Å². The number of carbonyl (C=O) groups excluding carboxylic acids is 1. The van der Waals surface area contributed by atoms with Crippen LogP contribution in [0.1, 0.15) is 24.2 Å². The molecule has 1 aliphatic rings. The number of amides is 1. The molecule has 1 heterocycles. The number of ether oxygens (including phenoxy) is 2. The zero-order valence-electron chi connectivity index (χ0n) is 12.9. The number of hydrogen-bond acceptors (Lipinski definition) is 4. The zero-order chi connectivity index (χ0) is 14.7. The van der Waals surface area contributed by atoms with E-state index in [0.29, 0.717) is 42.2 Å². The first-order valence-corrected chi connectivity index (χ1v) is 6.82. The summed E-state index contributed by atoms with van der Waals surface area (Å²) in [6, 6.07) is 5.87. The van der Waals surface area contributed by atoms with Gasteiger partial charge in [0.1, 0.15) is 11.5 Å². The number of methoxy groups -OCH3 is 2. The maximum absolute atomic E-state index is 12.6. The number of benzene rings is 1. The van der Waals surface area contributed by atoms with Crippen molar-refractivity contribution < 1.29 is 14.3 Å². The minimum absolute atomic E-state index is 0. The summed E-state index contributed by atoms with van der Waals surface area (Å²) in [7, 11) is 3.16. The monoisotopic (exact) mass is 314 g/mol. The number of hydrogen-bond donors (Lipinski definition) is 1. The molecular formula is C15H23ClN2O3. The Morgan fingerprint density at radius 2 is 1.57 bits per heavy atom. The lowest BCUT2D eigenvalue weighted by molar-refractivity contribution is 0.0673. The highest BCUT2D eigenvalue weighted by atomic mass is 35.5. The molecule has 0 aromatic heterocycles. The fraction of sp³-hybridized carbons (Fsp3) is 0.533. The summed E-state index contributed by atoms with van der Waals surface area (Å²) in [5, 5.41) is 3.42. The summed E-state index contributed by atoms with van der Waals surface area (Å²) in [5.74, 6) is 1.27. The fourth-order valence-electron chi connectivity index (χ4n) is 2.61. The van der Waals surface area contributed by atoms with Crippen LogP contribution in [0.5, 0.6) is 11.5 Å². The van der Waals surface area contributed by atoms with Gasteiger partial charge in [0.15, 0.2) is 0 Å². The standard InChI is InChI=1S/C15H22N2O3.ClH/c1-10-8-17(9-11(2)16-10)15(18)12-5-13(19-3)7-14(6-12)20-4;/h5-7,10-11,16H,8-9H2,1-4H3;1H. The summed E-state index contributed by atoms with van der Waals surface area (Å²) >= 11 is 0. The Balaban J connectivity index is 0.00000220. The van der Waals surface area contributed by atoms with E-state index in [1.54, 1.807) is 32.4 Å². The van der Waals surface area contributed by atoms with Crippen molar-refractivity contribution in [1.29, 1.82) is 0 Å². The average molecular weight is 315 g/mol. The number of carbonyl (C=O) groups is 1. The van der Waals surface area contributed by atoms with Gasteiger partial charge in [-0.1, -0.05) is 0 Å². The second-order valence-corrected chi connectivity index (χ2v) is 5.28. The lowest BCUT2D eigenvalue weighted by atomic mass is 10.1. The zero-order valence-corrected chi connectivity index (χ0v) is 13.7. The van der Waals surface area contributed by atoms with Crippen LogP contribution in [-0.2, 0) is 0 Å². The SMILES string of the molecule is COc1cc(OC)cc(C(=O)N2CC(C)NC(C)C2)c1.Cl. The van der Waals surface area contributed by atoms with Crippen LogP contribution in [0.3, 0.4) is 0 Å². The van der Waals surface area contributed by atoms with E-state index in [1.807, 2.05) is 4.90 Å². The van der Waals surface area contributed by atoms with Crippen LogP contribution >= 0.6 is 12.4 Å². The van der Waals surface area contributed by atoms with E-state index >= 15 is 0 Å². The molecule has 5 nitrogen and oxygen atoms in total. The maximum atomic E-state index is 12.6. The predicted octanol–water partition coefficient (Wildman–Crippen LogP) is 1.95. The van der Waals surface area contributed by atoms with Gasteiger partial charge in [-0.25, -0.2) is 0 Å². The Morgan fingerprint density at radius 1 is 1.10 bits per heavy atom. The van der Waals surface area contributed by atoms with Gasteiger partial charge in [0, 0.05) is 36.8 Å². The highest BCUT2D eigenvalue weighted by molar-refractivity contribution is 5.95. The Labute approximate surface area is 132 Å². The van der Waals surface area contributed by atoms with Crippen molar-refractivity contribution in [3.63, 3.8) is 0 Å². The Bertz CT molecular complexity index is 464. The molecule has 1 saturated heterocycles. The first kappa shape index (κ1) is 17.6. The molecule has 1 fully saturated rings. The fourth-order valence-corrected chi connectivity index (χ4v) is 2.61. The first-order valence-electron chi connectivity index (χ1n) is 6.82. The van der Waals surface area contributed by atoms with Crippen molar-refractivity contribution in [3.05, 3.63) is 23.8 Å². The lowest BCUT2D eigenvalue weighted by Crippen LogP contribution is -2.55. The van der Waals surface area contributed by atoms with E-state index in [9.17, 15) is 4.79 Å². The van der Waals surface area contributed by atoms with Crippen LogP contribution in [0.2, 0.25) is 0 Å². The summed E-state index contributed by atoms with van der Waals surface area (Å²) < 4.78 is 10.4. The number of halogens is 1. The second kappa shape index (κ2) is 7.52. The third-order valence-electron chi connectivity index (χ3n) is 3.44. The van der Waals surface area contributed by atoms with E-state index in [1.165, 1.54) is 0 Å². The summed E-state index contributed by atoms with van der Waals surface area (Å²) in [6.07, 6.45) is 0. The van der Waals surface area contributed by atoms with E-state index in [0.717, 1.165) is 0 Å². The van der Waals surface area contributed by atoms with Crippen molar-refractivity contribution in [3.8, 4) is 11.5 Å². The molecule has 2 unspecified atom stereocenters. The van der Waals surface area contributed by atoms with Crippen LogP contribution in [-0.4, -0.2) is 50.2 Å². The highest BCUT2D eigenvalue weighted by Crippen LogP contribution is 2.24. The van der Waals surface area contributed by atoms with Crippen molar-refractivity contribution in [2.75, 3.05) is 27.3 Å². The van der Waals surface area contributed by atoms with Crippen molar-refractivity contribution in [2.24, 2.45) is 0 Å². The molecular weight excluding hydrogens is 292 g/mol. The number of nitrogens with one attached hydrogen (secondary N) is 1. The number of nitrogens with zero attached hydrogens (tertiary/aromatic N) is 1. The van der Waals surface area contributed by atoms with Crippen LogP contribution in [0.15, 0.2) is 18.2 Å². The van der Waals surface area contributed by atoms with Gasteiger partial charge < -0.3 is 19.7 Å². The summed E-state index contributed by atoms with van der Waals surface area (Å²) in [4.78, 5) is 14.5. The van der Waals surface area contributed by atoms with Gasteiger partial charge in [-0.05, 0) is 26.0 Å². The molecule has 0 spiro atoms.